The number of anilines is 1. The lowest BCUT2D eigenvalue weighted by Crippen LogP contribution is -2.36. The first kappa shape index (κ1) is 16.4. The molecule has 4 atom stereocenters. The predicted octanol–water partition coefficient (Wildman–Crippen LogP) is -0.645. The summed E-state index contributed by atoms with van der Waals surface area (Å²) >= 11 is 0. The lowest BCUT2D eigenvalue weighted by atomic mass is 10.1. The summed E-state index contributed by atoms with van der Waals surface area (Å²) in [5.41, 5.74) is 14.9. The van der Waals surface area contributed by atoms with Crippen LogP contribution in [0.4, 0.5) is 5.82 Å². The number of hydrogen-bond donors (Lipinski definition) is 3. The number of aromatic nitrogens is 4. The van der Waals surface area contributed by atoms with E-state index in [2.05, 4.69) is 25.0 Å². The Kier molecular flexibility index (Phi) is 4.74. The van der Waals surface area contributed by atoms with Gasteiger partial charge in [0.05, 0.1) is 19.5 Å². The third-order valence-electron chi connectivity index (χ3n) is 3.72. The van der Waals surface area contributed by atoms with E-state index in [-0.39, 0.29) is 25.6 Å². The Hall–Kier alpha value is -2.50. The van der Waals surface area contributed by atoms with Gasteiger partial charge in [-0.15, -0.1) is 0 Å². The number of nitrogens with two attached hydrogens (primary N) is 1. The van der Waals surface area contributed by atoms with Crippen molar-refractivity contribution in [2.24, 2.45) is 5.11 Å². The molecule has 24 heavy (non-hydrogen) atoms. The summed E-state index contributed by atoms with van der Waals surface area (Å²) in [4.78, 5) is 14.8. The minimum atomic E-state index is -1.07. The molecule has 0 bridgehead atoms. The van der Waals surface area contributed by atoms with Crippen LogP contribution in [0.5, 0.6) is 0 Å². The molecule has 4 N–H and O–H groups in total. The molecule has 2 aromatic heterocycles. The summed E-state index contributed by atoms with van der Waals surface area (Å²) in [6.07, 6.45) is -0.718. The van der Waals surface area contributed by atoms with Crippen molar-refractivity contribution in [3.8, 4) is 0 Å². The molecular formula is C12H16N8O4. The Labute approximate surface area is 135 Å². The van der Waals surface area contributed by atoms with Crippen LogP contribution in [-0.4, -0.2) is 67.8 Å². The molecule has 128 valence electrons. The van der Waals surface area contributed by atoms with Crippen LogP contribution in [0.1, 0.15) is 6.23 Å². The number of rotatable bonds is 6. The monoisotopic (exact) mass is 336 g/mol. The predicted molar refractivity (Wildman–Crippen MR) is 80.5 cm³/mol. The maximum Gasteiger partial charge on any atom is 0.167 e. The lowest BCUT2D eigenvalue weighted by molar-refractivity contribution is -0.0687. The molecule has 1 aliphatic heterocycles. The van der Waals surface area contributed by atoms with Crippen molar-refractivity contribution in [1.29, 1.82) is 0 Å². The Morgan fingerprint density at radius 1 is 1.46 bits per heavy atom. The van der Waals surface area contributed by atoms with E-state index in [9.17, 15) is 10.2 Å². The molecule has 0 radical (unpaired) electrons. The second kappa shape index (κ2) is 6.95. The average Bonchev–Trinajstić information content (AvgIpc) is 3.14. The van der Waals surface area contributed by atoms with Gasteiger partial charge in [0.15, 0.2) is 17.7 Å². The maximum atomic E-state index is 10.3. The Balaban J connectivity index is 1.90. The lowest BCUT2D eigenvalue weighted by Gasteiger charge is -2.21. The van der Waals surface area contributed by atoms with Crippen LogP contribution in [0, 0.1) is 0 Å². The molecule has 0 aromatic carbocycles. The van der Waals surface area contributed by atoms with Gasteiger partial charge >= 0.3 is 0 Å². The zero-order valence-electron chi connectivity index (χ0n) is 12.5. The fourth-order valence-corrected chi connectivity index (χ4v) is 2.60. The van der Waals surface area contributed by atoms with E-state index < -0.39 is 24.5 Å². The van der Waals surface area contributed by atoms with Gasteiger partial charge in [0.1, 0.15) is 30.2 Å². The van der Waals surface area contributed by atoms with Crippen LogP contribution in [0.25, 0.3) is 21.6 Å². The van der Waals surface area contributed by atoms with Crippen LogP contribution in [0.2, 0.25) is 0 Å². The van der Waals surface area contributed by atoms with Gasteiger partial charge in [-0.25, -0.2) is 15.0 Å². The molecule has 2 aromatic rings. The van der Waals surface area contributed by atoms with E-state index in [1.807, 2.05) is 0 Å². The highest BCUT2D eigenvalue weighted by atomic mass is 16.6. The van der Waals surface area contributed by atoms with Crippen molar-refractivity contribution in [3.05, 3.63) is 23.1 Å². The van der Waals surface area contributed by atoms with Crippen molar-refractivity contribution in [1.82, 2.24) is 19.5 Å². The molecule has 0 spiro atoms. The normalized spacial score (nSPS) is 26.6. The van der Waals surface area contributed by atoms with E-state index in [0.717, 1.165) is 0 Å². The Bertz CT molecular complexity index is 761. The number of fused-ring (bicyclic) bond motifs is 1. The first-order valence-electron chi connectivity index (χ1n) is 7.17. The van der Waals surface area contributed by atoms with Crippen LogP contribution in [-0.2, 0) is 9.47 Å². The number of aliphatic hydroxyl groups excluding tert-OH is 2. The highest BCUT2D eigenvalue weighted by Crippen LogP contribution is 2.33. The molecule has 1 fully saturated rings. The fourth-order valence-electron chi connectivity index (χ4n) is 2.60. The summed E-state index contributed by atoms with van der Waals surface area (Å²) in [7, 11) is 0. The van der Waals surface area contributed by atoms with Crippen LogP contribution in [0.15, 0.2) is 17.8 Å². The zero-order valence-corrected chi connectivity index (χ0v) is 12.5. The molecule has 0 aliphatic carbocycles. The molecule has 3 rings (SSSR count). The number of nitrogens with zero attached hydrogens (tertiary/aromatic N) is 7. The van der Waals surface area contributed by atoms with Gasteiger partial charge in [-0.2, -0.15) is 0 Å². The summed E-state index contributed by atoms with van der Waals surface area (Å²) in [6, 6.07) is 0. The summed E-state index contributed by atoms with van der Waals surface area (Å²) in [6.45, 7) is -0.179. The van der Waals surface area contributed by atoms with Crippen LogP contribution < -0.4 is 5.73 Å². The van der Waals surface area contributed by atoms with E-state index in [1.165, 1.54) is 12.7 Å². The molecule has 0 amide bonds. The molecule has 0 saturated carbocycles. The topological polar surface area (TPSA) is 177 Å². The molecule has 1 aliphatic rings. The fraction of sp³-hybridized carbons (Fsp3) is 0.583. The molecule has 3 heterocycles. The highest BCUT2D eigenvalue weighted by Gasteiger charge is 2.45. The van der Waals surface area contributed by atoms with E-state index >= 15 is 0 Å². The second-order valence-electron chi connectivity index (χ2n) is 5.11. The van der Waals surface area contributed by atoms with Gasteiger partial charge in [0.2, 0.25) is 0 Å². The van der Waals surface area contributed by atoms with E-state index in [0.29, 0.717) is 11.2 Å². The first-order chi connectivity index (χ1) is 11.7. The van der Waals surface area contributed by atoms with Gasteiger partial charge in [-0.05, 0) is 5.53 Å². The van der Waals surface area contributed by atoms with Gasteiger partial charge in [-0.3, -0.25) is 4.57 Å². The quantitative estimate of drug-likeness (QED) is 0.269. The van der Waals surface area contributed by atoms with Gasteiger partial charge in [0, 0.05) is 11.5 Å². The smallest absolute Gasteiger partial charge is 0.167 e. The SMILES string of the molecule is [N-]=[N+]=NCCO[C@@H]1[C@@H](O)[C@@H](CO)O[C@H]1n1cnc2c(N)ncnc21. The molecular weight excluding hydrogens is 320 g/mol. The molecule has 12 heteroatoms. The number of aliphatic hydroxyl groups is 2. The summed E-state index contributed by atoms with van der Waals surface area (Å²) in [5, 5.41) is 23.0. The van der Waals surface area contributed by atoms with Crippen molar-refractivity contribution >= 4 is 17.0 Å². The number of ether oxygens (including phenoxy) is 2. The van der Waals surface area contributed by atoms with E-state index in [1.54, 1.807) is 4.57 Å². The van der Waals surface area contributed by atoms with Gasteiger partial charge in [0.25, 0.3) is 0 Å². The van der Waals surface area contributed by atoms with Crippen molar-refractivity contribution in [2.75, 3.05) is 25.5 Å². The number of hydrogen-bond acceptors (Lipinski definition) is 9. The summed E-state index contributed by atoms with van der Waals surface area (Å²) in [5.74, 6) is 0.219. The standard InChI is InChI=1S/C12H16N8O4/c13-10-7-11(16-4-15-10)20(5-17-7)12-9(23-2-1-18-19-14)8(22)6(3-21)24-12/h4-6,8-9,12,21-22H,1-3H2,(H2,13,15,16)/t6-,8+,9-,12-/m1/s1. The van der Waals surface area contributed by atoms with Gasteiger partial charge < -0.3 is 25.4 Å². The van der Waals surface area contributed by atoms with Gasteiger partial charge in [-0.1, -0.05) is 5.11 Å². The molecule has 12 nitrogen and oxygen atoms in total. The molecule has 0 unspecified atom stereocenters. The van der Waals surface area contributed by atoms with Crippen molar-refractivity contribution < 1.29 is 19.7 Å². The largest absolute Gasteiger partial charge is 0.394 e. The third kappa shape index (κ3) is 2.84. The Morgan fingerprint density at radius 3 is 3.04 bits per heavy atom. The second-order valence-corrected chi connectivity index (χ2v) is 5.11. The van der Waals surface area contributed by atoms with Crippen molar-refractivity contribution in [3.63, 3.8) is 0 Å². The third-order valence-corrected chi connectivity index (χ3v) is 3.72. The minimum absolute atomic E-state index is 0.0908. The highest BCUT2D eigenvalue weighted by molar-refractivity contribution is 5.81. The number of imidazole rings is 1. The number of azide groups is 1. The average molecular weight is 336 g/mol. The van der Waals surface area contributed by atoms with E-state index in [4.69, 9.17) is 20.7 Å². The summed E-state index contributed by atoms with van der Waals surface area (Å²) < 4.78 is 12.8. The minimum Gasteiger partial charge on any atom is -0.394 e. The number of nitrogen functional groups attached to an aromatic ring is 1. The van der Waals surface area contributed by atoms with Crippen LogP contribution >= 0.6 is 0 Å². The first-order valence-corrected chi connectivity index (χ1v) is 7.17. The zero-order chi connectivity index (χ0) is 17.1. The van der Waals surface area contributed by atoms with Crippen molar-refractivity contribution in [2.45, 2.75) is 24.5 Å². The maximum absolute atomic E-state index is 10.3. The Morgan fingerprint density at radius 2 is 2.29 bits per heavy atom. The molecule has 1 saturated heterocycles. The van der Waals surface area contributed by atoms with Crippen LogP contribution in [0.3, 0.4) is 0 Å².